The molecule has 0 aromatic heterocycles. The Morgan fingerprint density at radius 3 is 2.29 bits per heavy atom. The maximum absolute atomic E-state index is 11.9. The Kier molecular flexibility index (Phi) is 5.75. The molecule has 0 radical (unpaired) electrons. The summed E-state index contributed by atoms with van der Waals surface area (Å²) in [7, 11) is 0. The number of ether oxygens (including phenoxy) is 1. The molecule has 0 bridgehead atoms. The number of carbonyl (C=O) groups excluding carboxylic acids is 2. The van der Waals surface area contributed by atoms with Crippen molar-refractivity contribution in [3.8, 4) is 0 Å². The molecular weight excluding hydrogens is 274 g/mol. The van der Waals surface area contributed by atoms with Crippen LogP contribution in [0.1, 0.15) is 53.4 Å². The Bertz CT molecular complexity index is 409. The third-order valence-electron chi connectivity index (χ3n) is 3.41. The van der Waals surface area contributed by atoms with Crippen molar-refractivity contribution in [2.75, 3.05) is 0 Å². The molecule has 0 aromatic rings. The second kappa shape index (κ2) is 6.91. The fourth-order valence-corrected chi connectivity index (χ4v) is 2.03. The van der Waals surface area contributed by atoms with Gasteiger partial charge < -0.3 is 15.2 Å². The largest absolute Gasteiger partial charge is 0.480 e. The van der Waals surface area contributed by atoms with E-state index in [4.69, 9.17) is 9.84 Å². The summed E-state index contributed by atoms with van der Waals surface area (Å²) in [6.45, 7) is 7.05. The third kappa shape index (κ3) is 6.60. The van der Waals surface area contributed by atoms with Crippen LogP contribution < -0.4 is 5.32 Å². The fraction of sp³-hybridized carbons (Fsp3) is 0.800. The van der Waals surface area contributed by atoms with Crippen LogP contribution in [0.25, 0.3) is 0 Å². The fourth-order valence-electron chi connectivity index (χ4n) is 2.03. The highest BCUT2D eigenvalue weighted by Gasteiger charge is 2.34. The van der Waals surface area contributed by atoms with Crippen molar-refractivity contribution in [1.29, 1.82) is 0 Å². The topological polar surface area (TPSA) is 92.7 Å². The molecule has 1 rings (SSSR count). The molecule has 0 aromatic carbocycles. The van der Waals surface area contributed by atoms with Gasteiger partial charge in [0.15, 0.2) is 0 Å². The van der Waals surface area contributed by atoms with Crippen molar-refractivity contribution in [3.05, 3.63) is 0 Å². The zero-order chi connectivity index (χ0) is 16.2. The van der Waals surface area contributed by atoms with E-state index in [9.17, 15) is 14.4 Å². The van der Waals surface area contributed by atoms with Gasteiger partial charge in [-0.2, -0.15) is 0 Å². The van der Waals surface area contributed by atoms with Crippen LogP contribution in [0.5, 0.6) is 0 Å². The van der Waals surface area contributed by atoms with Crippen LogP contribution in [0.4, 0.5) is 0 Å². The van der Waals surface area contributed by atoms with Gasteiger partial charge in [0.25, 0.3) is 0 Å². The van der Waals surface area contributed by atoms with E-state index in [1.165, 1.54) is 0 Å². The number of hydrogen-bond acceptors (Lipinski definition) is 4. The number of nitrogens with one attached hydrogen (secondary N) is 1. The summed E-state index contributed by atoms with van der Waals surface area (Å²) in [6.07, 6.45) is 2.04. The lowest BCUT2D eigenvalue weighted by atomic mass is 10.0. The van der Waals surface area contributed by atoms with Crippen LogP contribution in [-0.4, -0.2) is 34.6 Å². The van der Waals surface area contributed by atoms with Gasteiger partial charge in [-0.25, -0.2) is 4.79 Å². The Labute approximate surface area is 125 Å². The molecular formula is C15H25NO5. The predicted molar refractivity (Wildman–Crippen MR) is 76.5 cm³/mol. The van der Waals surface area contributed by atoms with Gasteiger partial charge >= 0.3 is 11.9 Å². The number of carbonyl (C=O) groups is 3. The van der Waals surface area contributed by atoms with Gasteiger partial charge in [-0.05, 0) is 46.0 Å². The summed E-state index contributed by atoms with van der Waals surface area (Å²) >= 11 is 0. The SMILES string of the molecule is CC(C(=O)N[C@H](CCC(=O)OC(C)(C)C)C(=O)O)C1CC1. The molecule has 1 fully saturated rings. The molecule has 120 valence electrons. The number of carboxylic acids is 1. The third-order valence-corrected chi connectivity index (χ3v) is 3.41. The van der Waals surface area contributed by atoms with Gasteiger partial charge in [0.1, 0.15) is 11.6 Å². The zero-order valence-corrected chi connectivity index (χ0v) is 13.1. The number of esters is 1. The van der Waals surface area contributed by atoms with Gasteiger partial charge in [-0.3, -0.25) is 9.59 Å². The van der Waals surface area contributed by atoms with Crippen molar-refractivity contribution < 1.29 is 24.2 Å². The highest BCUT2D eigenvalue weighted by atomic mass is 16.6. The maximum atomic E-state index is 11.9. The quantitative estimate of drug-likeness (QED) is 0.698. The van der Waals surface area contributed by atoms with Gasteiger partial charge in [0, 0.05) is 12.3 Å². The molecule has 2 N–H and O–H groups in total. The van der Waals surface area contributed by atoms with Crippen molar-refractivity contribution in [3.63, 3.8) is 0 Å². The minimum Gasteiger partial charge on any atom is -0.480 e. The first-order chi connectivity index (χ1) is 9.60. The smallest absolute Gasteiger partial charge is 0.326 e. The molecule has 6 heteroatoms. The Morgan fingerprint density at radius 1 is 1.29 bits per heavy atom. The van der Waals surface area contributed by atoms with Gasteiger partial charge in [-0.1, -0.05) is 6.92 Å². The minimum atomic E-state index is -1.13. The molecule has 0 heterocycles. The zero-order valence-electron chi connectivity index (χ0n) is 13.1. The van der Waals surface area contributed by atoms with Crippen LogP contribution in [0, 0.1) is 11.8 Å². The van der Waals surface area contributed by atoms with Crippen LogP contribution in [0.2, 0.25) is 0 Å². The van der Waals surface area contributed by atoms with Crippen molar-refractivity contribution >= 4 is 17.8 Å². The van der Waals surface area contributed by atoms with E-state index < -0.39 is 23.6 Å². The van der Waals surface area contributed by atoms with E-state index >= 15 is 0 Å². The molecule has 6 nitrogen and oxygen atoms in total. The summed E-state index contributed by atoms with van der Waals surface area (Å²) in [5.74, 6) is -1.65. The lowest BCUT2D eigenvalue weighted by molar-refractivity contribution is -0.155. The maximum Gasteiger partial charge on any atom is 0.326 e. The molecule has 0 spiro atoms. The van der Waals surface area contributed by atoms with Crippen LogP contribution >= 0.6 is 0 Å². The molecule has 2 atom stereocenters. The highest BCUT2D eigenvalue weighted by Crippen LogP contribution is 2.36. The lowest BCUT2D eigenvalue weighted by Gasteiger charge is -2.21. The molecule has 1 saturated carbocycles. The monoisotopic (exact) mass is 299 g/mol. The standard InChI is InChI=1S/C15H25NO5/c1-9(10-5-6-10)13(18)16-11(14(19)20)7-8-12(17)21-15(2,3)4/h9-11H,5-8H2,1-4H3,(H,16,18)(H,19,20)/t9?,11-/m1/s1. The van der Waals surface area contributed by atoms with E-state index in [1.54, 1.807) is 27.7 Å². The number of hydrogen-bond donors (Lipinski definition) is 2. The molecule has 0 aliphatic heterocycles. The summed E-state index contributed by atoms with van der Waals surface area (Å²) < 4.78 is 5.12. The van der Waals surface area contributed by atoms with E-state index in [2.05, 4.69) is 5.32 Å². The van der Waals surface area contributed by atoms with Crippen molar-refractivity contribution in [1.82, 2.24) is 5.32 Å². The number of rotatable bonds is 7. The van der Waals surface area contributed by atoms with Crippen LogP contribution in [0.15, 0.2) is 0 Å². The molecule has 1 unspecified atom stereocenters. The molecule has 21 heavy (non-hydrogen) atoms. The average Bonchev–Trinajstić information content (AvgIpc) is 3.14. The molecule has 1 aliphatic carbocycles. The number of carboxylic acid groups (broad SMARTS) is 1. The first-order valence-electron chi connectivity index (χ1n) is 7.35. The van der Waals surface area contributed by atoms with Crippen molar-refractivity contribution in [2.45, 2.75) is 65.0 Å². The first kappa shape index (κ1) is 17.5. The summed E-state index contributed by atoms with van der Waals surface area (Å²) in [5, 5.41) is 11.6. The summed E-state index contributed by atoms with van der Waals surface area (Å²) in [5.41, 5.74) is -0.598. The second-order valence-corrected chi connectivity index (χ2v) is 6.65. The minimum absolute atomic E-state index is 0.0351. The van der Waals surface area contributed by atoms with Crippen LogP contribution in [0.3, 0.4) is 0 Å². The van der Waals surface area contributed by atoms with E-state index in [0.717, 1.165) is 12.8 Å². The first-order valence-corrected chi connectivity index (χ1v) is 7.35. The van der Waals surface area contributed by atoms with E-state index in [1.807, 2.05) is 0 Å². The Balaban J connectivity index is 2.44. The second-order valence-electron chi connectivity index (χ2n) is 6.65. The molecule has 0 saturated heterocycles. The summed E-state index contributed by atoms with van der Waals surface area (Å²) in [4.78, 5) is 34.7. The normalized spacial score (nSPS) is 17.7. The lowest BCUT2D eigenvalue weighted by Crippen LogP contribution is -2.44. The highest BCUT2D eigenvalue weighted by molar-refractivity contribution is 5.85. The van der Waals surface area contributed by atoms with E-state index in [0.29, 0.717) is 5.92 Å². The number of amides is 1. The Hall–Kier alpha value is -1.59. The van der Waals surface area contributed by atoms with Gasteiger partial charge in [0.2, 0.25) is 5.91 Å². The van der Waals surface area contributed by atoms with Gasteiger partial charge in [0.05, 0.1) is 0 Å². The molecule has 1 aliphatic rings. The van der Waals surface area contributed by atoms with Gasteiger partial charge in [-0.15, -0.1) is 0 Å². The van der Waals surface area contributed by atoms with E-state index in [-0.39, 0.29) is 24.7 Å². The predicted octanol–water partition coefficient (Wildman–Crippen LogP) is 1.72. The summed E-state index contributed by atoms with van der Waals surface area (Å²) in [6, 6.07) is -1.05. The Morgan fingerprint density at radius 2 is 1.86 bits per heavy atom. The number of aliphatic carboxylic acids is 1. The average molecular weight is 299 g/mol. The van der Waals surface area contributed by atoms with Crippen molar-refractivity contribution in [2.24, 2.45) is 11.8 Å². The van der Waals surface area contributed by atoms with Crippen LogP contribution in [-0.2, 0) is 19.1 Å². The molecule has 1 amide bonds.